The first-order chi connectivity index (χ1) is 5.77. The van der Waals surface area contributed by atoms with E-state index in [1.54, 1.807) is 0 Å². The maximum Gasteiger partial charge on any atom is 0.0596 e. The highest BCUT2D eigenvalue weighted by molar-refractivity contribution is 4.88. The van der Waals surface area contributed by atoms with Gasteiger partial charge in [-0.15, -0.1) is 0 Å². The second-order valence-electron chi connectivity index (χ2n) is 4.50. The lowest BCUT2D eigenvalue weighted by molar-refractivity contribution is 0.0631. The van der Waals surface area contributed by atoms with Crippen molar-refractivity contribution in [3.8, 4) is 0 Å². The monoisotopic (exact) mass is 169 g/mol. The third kappa shape index (κ3) is 1.80. The minimum absolute atomic E-state index is 0.00231. The summed E-state index contributed by atoms with van der Waals surface area (Å²) in [6, 6.07) is 0.410. The van der Waals surface area contributed by atoms with Crippen molar-refractivity contribution in [2.45, 2.75) is 50.7 Å². The van der Waals surface area contributed by atoms with Gasteiger partial charge in [0.1, 0.15) is 0 Å². The SMILES string of the molecule is N[C@H]1CC[C@H]([C@H](O)C2CC2)CC1. The Hall–Kier alpha value is -0.0800. The van der Waals surface area contributed by atoms with E-state index >= 15 is 0 Å². The molecule has 0 saturated heterocycles. The van der Waals surface area contributed by atoms with Crippen LogP contribution in [-0.2, 0) is 0 Å². The Morgan fingerprint density at radius 3 is 1.75 bits per heavy atom. The number of rotatable bonds is 2. The van der Waals surface area contributed by atoms with Gasteiger partial charge in [0.2, 0.25) is 0 Å². The predicted octanol–water partition coefficient (Wildman–Crippen LogP) is 1.27. The second kappa shape index (κ2) is 3.35. The van der Waals surface area contributed by atoms with Gasteiger partial charge >= 0.3 is 0 Å². The fourth-order valence-electron chi connectivity index (χ4n) is 2.31. The van der Waals surface area contributed by atoms with Crippen molar-refractivity contribution in [3.05, 3.63) is 0 Å². The first-order valence-corrected chi connectivity index (χ1v) is 5.21. The number of hydrogen-bond donors (Lipinski definition) is 2. The zero-order valence-electron chi connectivity index (χ0n) is 7.58. The van der Waals surface area contributed by atoms with E-state index in [2.05, 4.69) is 0 Å². The van der Waals surface area contributed by atoms with Gasteiger partial charge in [0.25, 0.3) is 0 Å². The molecule has 2 aliphatic rings. The molecule has 1 atom stereocenters. The van der Waals surface area contributed by atoms with Gasteiger partial charge in [-0.05, 0) is 50.4 Å². The second-order valence-corrected chi connectivity index (χ2v) is 4.50. The van der Waals surface area contributed by atoms with Crippen LogP contribution in [0.4, 0.5) is 0 Å². The molecule has 2 fully saturated rings. The summed E-state index contributed by atoms with van der Waals surface area (Å²) in [5, 5.41) is 9.86. The Balaban J connectivity index is 1.80. The maximum atomic E-state index is 9.86. The molecule has 0 aromatic rings. The molecular weight excluding hydrogens is 150 g/mol. The van der Waals surface area contributed by atoms with Gasteiger partial charge < -0.3 is 10.8 Å². The van der Waals surface area contributed by atoms with E-state index in [1.165, 1.54) is 12.8 Å². The van der Waals surface area contributed by atoms with E-state index in [-0.39, 0.29) is 6.10 Å². The molecule has 2 saturated carbocycles. The highest BCUT2D eigenvalue weighted by Gasteiger charge is 2.36. The van der Waals surface area contributed by atoms with E-state index in [0.717, 1.165) is 25.7 Å². The van der Waals surface area contributed by atoms with Gasteiger partial charge in [-0.2, -0.15) is 0 Å². The van der Waals surface area contributed by atoms with Gasteiger partial charge in [-0.1, -0.05) is 0 Å². The van der Waals surface area contributed by atoms with Crippen LogP contribution in [-0.4, -0.2) is 17.3 Å². The first kappa shape index (κ1) is 8.52. The van der Waals surface area contributed by atoms with E-state index in [4.69, 9.17) is 5.73 Å². The van der Waals surface area contributed by atoms with Crippen molar-refractivity contribution < 1.29 is 5.11 Å². The third-order valence-electron chi connectivity index (χ3n) is 3.40. The Morgan fingerprint density at radius 2 is 1.33 bits per heavy atom. The Kier molecular flexibility index (Phi) is 2.37. The lowest BCUT2D eigenvalue weighted by Crippen LogP contribution is -2.32. The van der Waals surface area contributed by atoms with E-state index in [0.29, 0.717) is 17.9 Å². The summed E-state index contributed by atoms with van der Waals surface area (Å²) in [5.74, 6) is 1.21. The van der Waals surface area contributed by atoms with Crippen molar-refractivity contribution in [2.75, 3.05) is 0 Å². The third-order valence-corrected chi connectivity index (χ3v) is 3.40. The van der Waals surface area contributed by atoms with Crippen molar-refractivity contribution >= 4 is 0 Å². The average molecular weight is 169 g/mol. The molecule has 2 aliphatic carbocycles. The van der Waals surface area contributed by atoms with E-state index < -0.39 is 0 Å². The molecule has 0 spiro atoms. The van der Waals surface area contributed by atoms with Gasteiger partial charge in [-0.25, -0.2) is 0 Å². The van der Waals surface area contributed by atoms with Crippen LogP contribution in [0.1, 0.15) is 38.5 Å². The zero-order valence-corrected chi connectivity index (χ0v) is 7.58. The number of nitrogens with two attached hydrogens (primary N) is 1. The van der Waals surface area contributed by atoms with Crippen molar-refractivity contribution in [2.24, 2.45) is 17.6 Å². The van der Waals surface area contributed by atoms with Gasteiger partial charge in [-0.3, -0.25) is 0 Å². The summed E-state index contributed by atoms with van der Waals surface area (Å²) in [6.45, 7) is 0. The summed E-state index contributed by atoms with van der Waals surface area (Å²) < 4.78 is 0. The highest BCUT2D eigenvalue weighted by Crippen LogP contribution is 2.39. The predicted molar refractivity (Wildman–Crippen MR) is 48.7 cm³/mol. The maximum absolute atomic E-state index is 9.86. The number of hydrogen-bond acceptors (Lipinski definition) is 2. The fraction of sp³-hybridized carbons (Fsp3) is 1.00. The summed E-state index contributed by atoms with van der Waals surface area (Å²) >= 11 is 0. The fourth-order valence-corrected chi connectivity index (χ4v) is 2.31. The van der Waals surface area contributed by atoms with Crippen LogP contribution in [0.25, 0.3) is 0 Å². The molecule has 3 N–H and O–H groups in total. The molecule has 0 bridgehead atoms. The van der Waals surface area contributed by atoms with Crippen LogP contribution in [0.2, 0.25) is 0 Å². The molecule has 0 aromatic heterocycles. The van der Waals surface area contributed by atoms with Crippen LogP contribution in [0.15, 0.2) is 0 Å². The lowest BCUT2D eigenvalue weighted by atomic mass is 9.81. The highest BCUT2D eigenvalue weighted by atomic mass is 16.3. The van der Waals surface area contributed by atoms with Crippen LogP contribution in [0.3, 0.4) is 0 Å². The molecule has 0 aliphatic heterocycles. The van der Waals surface area contributed by atoms with Crippen molar-refractivity contribution in [3.63, 3.8) is 0 Å². The molecule has 0 unspecified atom stereocenters. The molecule has 2 nitrogen and oxygen atoms in total. The molecule has 12 heavy (non-hydrogen) atoms. The molecule has 2 heteroatoms. The molecule has 0 radical (unpaired) electrons. The molecular formula is C10H19NO. The smallest absolute Gasteiger partial charge is 0.0596 e. The van der Waals surface area contributed by atoms with Gasteiger partial charge in [0, 0.05) is 6.04 Å². The van der Waals surface area contributed by atoms with E-state index in [1.807, 2.05) is 0 Å². The Bertz CT molecular complexity index is 148. The zero-order chi connectivity index (χ0) is 8.55. The van der Waals surface area contributed by atoms with Crippen LogP contribution >= 0.6 is 0 Å². The average Bonchev–Trinajstić information content (AvgIpc) is 2.87. The van der Waals surface area contributed by atoms with Crippen molar-refractivity contribution in [1.29, 1.82) is 0 Å². The first-order valence-electron chi connectivity index (χ1n) is 5.21. The summed E-state index contributed by atoms with van der Waals surface area (Å²) in [4.78, 5) is 0. The molecule has 0 aromatic carbocycles. The van der Waals surface area contributed by atoms with Crippen LogP contribution in [0, 0.1) is 11.8 Å². The Morgan fingerprint density at radius 1 is 0.917 bits per heavy atom. The largest absolute Gasteiger partial charge is 0.393 e. The van der Waals surface area contributed by atoms with Crippen molar-refractivity contribution in [1.82, 2.24) is 0 Å². The molecule has 2 rings (SSSR count). The Labute approximate surface area is 74.1 Å². The summed E-state index contributed by atoms with van der Waals surface area (Å²) in [5.41, 5.74) is 5.81. The van der Waals surface area contributed by atoms with E-state index in [9.17, 15) is 5.11 Å². The molecule has 0 amide bonds. The van der Waals surface area contributed by atoms with Gasteiger partial charge in [0.15, 0.2) is 0 Å². The summed E-state index contributed by atoms with van der Waals surface area (Å²) in [7, 11) is 0. The molecule has 0 heterocycles. The van der Waals surface area contributed by atoms with Crippen LogP contribution < -0.4 is 5.73 Å². The minimum atomic E-state index is -0.00231. The quantitative estimate of drug-likeness (QED) is 0.654. The van der Waals surface area contributed by atoms with Gasteiger partial charge in [0.05, 0.1) is 6.10 Å². The lowest BCUT2D eigenvalue weighted by Gasteiger charge is -2.29. The topological polar surface area (TPSA) is 46.2 Å². The summed E-state index contributed by atoms with van der Waals surface area (Å²) in [6.07, 6.45) is 7.05. The number of aliphatic hydroxyl groups excluding tert-OH is 1. The normalized spacial score (nSPS) is 39.5. The standard InChI is InChI=1S/C10H19NO/c11-9-5-3-8(4-6-9)10(12)7-1-2-7/h7-10,12H,1-6,11H2/t8-,9-,10-/m1/s1. The van der Waals surface area contributed by atoms with Crippen LogP contribution in [0.5, 0.6) is 0 Å². The number of aliphatic hydroxyl groups is 1. The molecule has 70 valence electrons. The minimum Gasteiger partial charge on any atom is -0.393 e.